The molecule has 1 heterocycles. The van der Waals surface area contributed by atoms with Crippen LogP contribution in [0.5, 0.6) is 11.5 Å². The summed E-state index contributed by atoms with van der Waals surface area (Å²) in [7, 11) is 3.96. The van der Waals surface area contributed by atoms with Crippen LogP contribution in [0.1, 0.15) is 5.56 Å². The Balaban J connectivity index is 3.12. The number of halogens is 3. The molecule has 2 aromatic rings. The van der Waals surface area contributed by atoms with Crippen molar-refractivity contribution in [2.75, 3.05) is 20.0 Å². The Morgan fingerprint density at radius 3 is 2.29 bits per heavy atom. The Bertz CT molecular complexity index is 766. The molecule has 0 unspecified atom stereocenters. The summed E-state index contributed by atoms with van der Waals surface area (Å²) in [6, 6.07) is 2.54. The minimum absolute atomic E-state index is 0.0247. The largest absolute Gasteiger partial charge is 0.493 e. The number of hydrogen-bond acceptors (Lipinski definition) is 4. The van der Waals surface area contributed by atoms with Crippen LogP contribution in [0.15, 0.2) is 16.9 Å². The van der Waals surface area contributed by atoms with Gasteiger partial charge in [-0.15, -0.1) is 0 Å². The lowest BCUT2D eigenvalue weighted by atomic mass is 10.1. The molecule has 21 heavy (non-hydrogen) atoms. The van der Waals surface area contributed by atoms with E-state index in [0.717, 1.165) is 4.57 Å². The Morgan fingerprint density at radius 2 is 1.81 bits per heavy atom. The highest BCUT2D eigenvalue weighted by atomic mass is 19.4. The number of nitrogens with two attached hydrogens (primary N) is 1. The number of rotatable bonds is 2. The lowest BCUT2D eigenvalue weighted by Gasteiger charge is -2.18. The van der Waals surface area contributed by atoms with Crippen LogP contribution in [-0.2, 0) is 13.2 Å². The summed E-state index contributed by atoms with van der Waals surface area (Å²) in [4.78, 5) is 12.0. The van der Waals surface area contributed by atoms with Crippen molar-refractivity contribution in [1.82, 2.24) is 4.57 Å². The highest BCUT2D eigenvalue weighted by Gasteiger charge is 2.37. The van der Waals surface area contributed by atoms with Gasteiger partial charge in [0.15, 0.2) is 11.5 Å². The van der Waals surface area contributed by atoms with Gasteiger partial charge >= 0.3 is 6.18 Å². The molecule has 0 atom stereocenters. The maximum absolute atomic E-state index is 13.2. The molecule has 0 saturated heterocycles. The minimum Gasteiger partial charge on any atom is -0.493 e. The van der Waals surface area contributed by atoms with E-state index in [4.69, 9.17) is 15.2 Å². The summed E-state index contributed by atoms with van der Waals surface area (Å²) in [5, 5.41) is -0.222. The zero-order chi connectivity index (χ0) is 15.9. The number of aryl methyl sites for hydroxylation is 1. The summed E-state index contributed by atoms with van der Waals surface area (Å²) in [5.41, 5.74) is 2.40. The molecule has 114 valence electrons. The fourth-order valence-corrected chi connectivity index (χ4v) is 2.29. The van der Waals surface area contributed by atoms with E-state index in [2.05, 4.69) is 0 Å². The van der Waals surface area contributed by atoms with Crippen LogP contribution in [0.25, 0.3) is 10.9 Å². The molecular weight excluding hydrogens is 289 g/mol. The van der Waals surface area contributed by atoms with Gasteiger partial charge in [-0.3, -0.25) is 4.79 Å². The molecule has 2 rings (SSSR count). The van der Waals surface area contributed by atoms with Gasteiger partial charge in [0.25, 0.3) is 5.56 Å². The van der Waals surface area contributed by atoms with Crippen molar-refractivity contribution < 1.29 is 22.6 Å². The number of alkyl halides is 3. The van der Waals surface area contributed by atoms with Crippen molar-refractivity contribution in [3.63, 3.8) is 0 Å². The Morgan fingerprint density at radius 1 is 1.19 bits per heavy atom. The second kappa shape index (κ2) is 4.87. The van der Waals surface area contributed by atoms with Gasteiger partial charge in [0.05, 0.1) is 25.3 Å². The highest BCUT2D eigenvalue weighted by Crippen LogP contribution is 2.42. The Kier molecular flexibility index (Phi) is 3.48. The van der Waals surface area contributed by atoms with E-state index >= 15 is 0 Å². The van der Waals surface area contributed by atoms with Crippen molar-refractivity contribution in [3.8, 4) is 11.5 Å². The summed E-state index contributed by atoms with van der Waals surface area (Å²) in [6.45, 7) is 0. The van der Waals surface area contributed by atoms with E-state index in [-0.39, 0.29) is 22.4 Å². The summed E-state index contributed by atoms with van der Waals surface area (Å²) < 4.78 is 50.8. The fourth-order valence-electron chi connectivity index (χ4n) is 2.29. The number of pyridine rings is 1. The minimum atomic E-state index is -4.75. The van der Waals surface area contributed by atoms with Gasteiger partial charge in [0.2, 0.25) is 0 Å². The molecule has 5 nitrogen and oxygen atoms in total. The summed E-state index contributed by atoms with van der Waals surface area (Å²) in [5.74, 6) is 0.262. The molecule has 0 saturated carbocycles. The van der Waals surface area contributed by atoms with Gasteiger partial charge in [-0.1, -0.05) is 0 Å². The van der Waals surface area contributed by atoms with E-state index in [0.29, 0.717) is 0 Å². The first-order valence-corrected chi connectivity index (χ1v) is 5.84. The van der Waals surface area contributed by atoms with Crippen LogP contribution < -0.4 is 20.8 Å². The topological polar surface area (TPSA) is 66.5 Å². The van der Waals surface area contributed by atoms with Crippen LogP contribution in [0.3, 0.4) is 0 Å². The SMILES string of the molecule is COc1ccc2c(C(F)(F)F)c(N)c(=O)n(C)c2c1OC. The molecule has 1 aromatic heterocycles. The van der Waals surface area contributed by atoms with Gasteiger partial charge in [0.1, 0.15) is 5.69 Å². The first-order valence-electron chi connectivity index (χ1n) is 5.84. The zero-order valence-corrected chi connectivity index (χ0v) is 11.5. The van der Waals surface area contributed by atoms with Gasteiger partial charge < -0.3 is 19.8 Å². The van der Waals surface area contributed by atoms with Gasteiger partial charge in [-0.05, 0) is 12.1 Å². The molecule has 0 aliphatic heterocycles. The smallest absolute Gasteiger partial charge is 0.419 e. The third-order valence-electron chi connectivity index (χ3n) is 3.21. The maximum Gasteiger partial charge on any atom is 0.419 e. The predicted octanol–water partition coefficient (Wildman–Crippen LogP) is 2.16. The van der Waals surface area contributed by atoms with Crippen molar-refractivity contribution in [2.24, 2.45) is 7.05 Å². The highest BCUT2D eigenvalue weighted by molar-refractivity contribution is 5.93. The monoisotopic (exact) mass is 302 g/mol. The van der Waals surface area contributed by atoms with Gasteiger partial charge in [0, 0.05) is 12.4 Å². The van der Waals surface area contributed by atoms with Crippen molar-refractivity contribution in [3.05, 3.63) is 28.0 Å². The lowest BCUT2D eigenvalue weighted by Crippen LogP contribution is -2.26. The normalized spacial score (nSPS) is 11.7. The molecular formula is C13H13F3N2O3. The van der Waals surface area contributed by atoms with Crippen molar-refractivity contribution in [2.45, 2.75) is 6.18 Å². The third-order valence-corrected chi connectivity index (χ3v) is 3.21. The van der Waals surface area contributed by atoms with Gasteiger partial charge in [-0.2, -0.15) is 13.2 Å². The van der Waals surface area contributed by atoms with Gasteiger partial charge in [-0.25, -0.2) is 0 Å². The number of hydrogen-bond donors (Lipinski definition) is 1. The molecule has 0 aliphatic carbocycles. The number of fused-ring (bicyclic) bond motifs is 1. The van der Waals surface area contributed by atoms with E-state index in [9.17, 15) is 18.0 Å². The van der Waals surface area contributed by atoms with E-state index in [1.54, 1.807) is 0 Å². The Labute approximate surface area is 117 Å². The molecule has 0 fully saturated rings. The maximum atomic E-state index is 13.2. The predicted molar refractivity (Wildman–Crippen MR) is 71.7 cm³/mol. The molecule has 8 heteroatoms. The molecule has 1 aromatic carbocycles. The van der Waals surface area contributed by atoms with Crippen LogP contribution in [0.4, 0.5) is 18.9 Å². The first kappa shape index (κ1) is 15.0. The van der Waals surface area contributed by atoms with Crippen LogP contribution in [0.2, 0.25) is 0 Å². The number of ether oxygens (including phenoxy) is 2. The van der Waals surface area contributed by atoms with E-state index in [1.165, 1.54) is 33.4 Å². The van der Waals surface area contributed by atoms with Crippen LogP contribution in [0, 0.1) is 0 Å². The molecule has 0 radical (unpaired) electrons. The number of anilines is 1. The van der Waals surface area contributed by atoms with E-state index < -0.39 is 23.0 Å². The molecule has 0 spiro atoms. The number of benzene rings is 1. The average molecular weight is 302 g/mol. The fraction of sp³-hybridized carbons (Fsp3) is 0.308. The standard InChI is InChI=1S/C13H13F3N2O3/c1-18-10-6(4-5-7(20-2)11(10)21-3)8(13(14,15)16)9(17)12(18)19/h4-5H,17H2,1-3H3. The molecule has 2 N–H and O–H groups in total. The molecule has 0 amide bonds. The van der Waals surface area contributed by atoms with Crippen molar-refractivity contribution >= 4 is 16.6 Å². The lowest BCUT2D eigenvalue weighted by molar-refractivity contribution is -0.135. The Hall–Kier alpha value is -2.38. The van der Waals surface area contributed by atoms with Crippen LogP contribution >= 0.6 is 0 Å². The zero-order valence-electron chi connectivity index (χ0n) is 11.5. The second-order valence-corrected chi connectivity index (χ2v) is 4.35. The summed E-state index contributed by atoms with van der Waals surface area (Å²) in [6.07, 6.45) is -4.75. The van der Waals surface area contributed by atoms with Crippen molar-refractivity contribution in [1.29, 1.82) is 0 Å². The third kappa shape index (κ3) is 2.16. The quantitative estimate of drug-likeness (QED) is 0.923. The molecule has 0 aliphatic rings. The number of aromatic nitrogens is 1. The molecule has 0 bridgehead atoms. The second-order valence-electron chi connectivity index (χ2n) is 4.35. The average Bonchev–Trinajstić information content (AvgIpc) is 2.42. The number of methoxy groups -OCH3 is 2. The van der Waals surface area contributed by atoms with E-state index in [1.807, 2.05) is 0 Å². The number of nitrogens with zero attached hydrogens (tertiary/aromatic N) is 1. The van der Waals surface area contributed by atoms with Crippen LogP contribution in [-0.4, -0.2) is 18.8 Å². The summed E-state index contributed by atoms with van der Waals surface area (Å²) >= 11 is 0. The first-order chi connectivity index (χ1) is 9.73. The number of nitrogen functional groups attached to an aromatic ring is 1.